The summed E-state index contributed by atoms with van der Waals surface area (Å²) >= 11 is 0. The van der Waals surface area contributed by atoms with Crippen molar-refractivity contribution in [1.82, 2.24) is 10.2 Å². The van der Waals surface area contributed by atoms with Crippen LogP contribution in [-0.2, 0) is 11.3 Å². The van der Waals surface area contributed by atoms with Gasteiger partial charge in [0.05, 0.1) is 13.2 Å². The lowest BCUT2D eigenvalue weighted by Crippen LogP contribution is -2.45. The van der Waals surface area contributed by atoms with Crippen LogP contribution in [0.5, 0.6) is 0 Å². The van der Waals surface area contributed by atoms with Crippen molar-refractivity contribution in [2.75, 3.05) is 51.3 Å². The lowest BCUT2D eigenvalue weighted by Gasteiger charge is -2.33. The Bertz CT molecular complexity index is 535. The largest absolute Gasteiger partial charge is 0.378 e. The maximum Gasteiger partial charge on any atom is 0.193 e. The normalized spacial score (nSPS) is 19.5. The highest BCUT2D eigenvalue weighted by molar-refractivity contribution is 14.0. The van der Waals surface area contributed by atoms with Crippen molar-refractivity contribution in [3.63, 3.8) is 0 Å². The topological polar surface area (TPSA) is 40.1 Å². The lowest BCUT2D eigenvalue weighted by atomic mass is 9.99. The summed E-state index contributed by atoms with van der Waals surface area (Å²) in [6, 6.07) is 8.86. The van der Waals surface area contributed by atoms with Gasteiger partial charge in [0.25, 0.3) is 0 Å². The summed E-state index contributed by atoms with van der Waals surface area (Å²) < 4.78 is 5.42. The number of hydrogen-bond donors (Lipinski definition) is 1. The zero-order chi connectivity index (χ0) is 16.8. The number of anilines is 1. The van der Waals surface area contributed by atoms with Crippen LogP contribution >= 0.6 is 24.0 Å². The van der Waals surface area contributed by atoms with Gasteiger partial charge in [0, 0.05) is 45.5 Å². The number of benzene rings is 1. The van der Waals surface area contributed by atoms with Crippen LogP contribution in [0.1, 0.15) is 25.3 Å². The maximum atomic E-state index is 5.42. The van der Waals surface area contributed by atoms with Crippen LogP contribution in [0.4, 0.5) is 5.69 Å². The Morgan fingerprint density at radius 2 is 1.76 bits per heavy atom. The third kappa shape index (κ3) is 5.74. The second kappa shape index (κ2) is 10.2. The number of hydrogen-bond acceptors (Lipinski definition) is 3. The van der Waals surface area contributed by atoms with Crippen molar-refractivity contribution in [1.29, 1.82) is 0 Å². The van der Waals surface area contributed by atoms with Crippen molar-refractivity contribution >= 4 is 35.6 Å². The van der Waals surface area contributed by atoms with Crippen LogP contribution in [0.15, 0.2) is 29.3 Å². The number of morpholine rings is 1. The molecular weight excluding hydrogens is 427 g/mol. The third-order valence-electron chi connectivity index (χ3n) is 5.06. The number of aliphatic imine (C=N–C) groups is 1. The number of guanidine groups is 1. The standard InChI is InChI=1S/C19H30N4O.HI/c1-16-7-9-23(10-8-16)19(20-2)21-15-17-3-5-18(6-4-17)22-11-13-24-14-12-22;/h3-6,16H,7-15H2,1-2H3,(H,20,21);1H. The van der Waals surface area contributed by atoms with Crippen LogP contribution in [-0.4, -0.2) is 57.3 Å². The minimum atomic E-state index is 0. The van der Waals surface area contributed by atoms with Crippen LogP contribution in [0.3, 0.4) is 0 Å². The summed E-state index contributed by atoms with van der Waals surface area (Å²) in [5, 5.41) is 3.51. The number of rotatable bonds is 3. The van der Waals surface area contributed by atoms with Gasteiger partial charge in [-0.1, -0.05) is 19.1 Å². The number of nitrogens with one attached hydrogen (secondary N) is 1. The number of piperidine rings is 1. The quantitative estimate of drug-likeness (QED) is 0.430. The zero-order valence-electron chi connectivity index (χ0n) is 15.4. The second-order valence-electron chi connectivity index (χ2n) is 6.84. The van der Waals surface area contributed by atoms with Crippen LogP contribution in [0, 0.1) is 5.92 Å². The summed E-state index contributed by atoms with van der Waals surface area (Å²) in [5.41, 5.74) is 2.58. The Morgan fingerprint density at radius 3 is 2.36 bits per heavy atom. The van der Waals surface area contributed by atoms with Crippen molar-refractivity contribution in [3.05, 3.63) is 29.8 Å². The molecule has 5 nitrogen and oxygen atoms in total. The first kappa shape index (κ1) is 20.3. The molecule has 2 saturated heterocycles. The molecule has 3 rings (SSSR count). The van der Waals surface area contributed by atoms with Gasteiger partial charge in [-0.3, -0.25) is 4.99 Å². The van der Waals surface area contributed by atoms with Crippen molar-refractivity contribution < 1.29 is 4.74 Å². The third-order valence-corrected chi connectivity index (χ3v) is 5.06. The molecule has 6 heteroatoms. The molecule has 0 spiro atoms. The Kier molecular flexibility index (Phi) is 8.29. The SMILES string of the molecule is CN=C(NCc1ccc(N2CCOCC2)cc1)N1CCC(C)CC1.I. The smallest absolute Gasteiger partial charge is 0.193 e. The molecule has 0 atom stereocenters. The van der Waals surface area contributed by atoms with E-state index in [0.29, 0.717) is 0 Å². The monoisotopic (exact) mass is 458 g/mol. The fourth-order valence-electron chi connectivity index (χ4n) is 3.38. The molecule has 0 aliphatic carbocycles. The molecule has 2 aliphatic heterocycles. The van der Waals surface area contributed by atoms with Crippen molar-refractivity contribution in [3.8, 4) is 0 Å². The fraction of sp³-hybridized carbons (Fsp3) is 0.632. The first-order valence-electron chi connectivity index (χ1n) is 9.13. The molecule has 0 bridgehead atoms. The molecule has 0 unspecified atom stereocenters. The van der Waals surface area contributed by atoms with Crippen LogP contribution < -0.4 is 10.2 Å². The summed E-state index contributed by atoms with van der Waals surface area (Å²) in [6.07, 6.45) is 2.52. The van der Waals surface area contributed by atoms with E-state index in [-0.39, 0.29) is 24.0 Å². The first-order chi connectivity index (χ1) is 11.8. The van der Waals surface area contributed by atoms with Gasteiger partial charge in [0.2, 0.25) is 0 Å². The number of halogens is 1. The van der Waals surface area contributed by atoms with Crippen molar-refractivity contribution in [2.24, 2.45) is 10.9 Å². The van der Waals surface area contributed by atoms with E-state index in [1.165, 1.54) is 24.1 Å². The number of nitrogens with zero attached hydrogens (tertiary/aromatic N) is 3. The lowest BCUT2D eigenvalue weighted by molar-refractivity contribution is 0.122. The molecule has 2 fully saturated rings. The van der Waals surface area contributed by atoms with Gasteiger partial charge < -0.3 is 19.9 Å². The van der Waals surface area contributed by atoms with E-state index < -0.39 is 0 Å². The van der Waals surface area contributed by atoms with E-state index in [0.717, 1.165) is 57.8 Å². The van der Waals surface area contributed by atoms with Gasteiger partial charge in [0.15, 0.2) is 5.96 Å². The van der Waals surface area contributed by atoms with Crippen LogP contribution in [0.2, 0.25) is 0 Å². The van der Waals surface area contributed by atoms with E-state index >= 15 is 0 Å². The Hall–Kier alpha value is -1.02. The molecule has 0 amide bonds. The second-order valence-corrected chi connectivity index (χ2v) is 6.84. The minimum absolute atomic E-state index is 0. The van der Waals surface area contributed by atoms with Gasteiger partial charge >= 0.3 is 0 Å². The highest BCUT2D eigenvalue weighted by Crippen LogP contribution is 2.18. The molecule has 1 aromatic carbocycles. The summed E-state index contributed by atoms with van der Waals surface area (Å²) in [4.78, 5) is 9.21. The Morgan fingerprint density at radius 1 is 1.12 bits per heavy atom. The number of likely N-dealkylation sites (tertiary alicyclic amines) is 1. The zero-order valence-corrected chi connectivity index (χ0v) is 17.7. The highest BCUT2D eigenvalue weighted by Gasteiger charge is 2.18. The van der Waals surface area contributed by atoms with Crippen LogP contribution in [0.25, 0.3) is 0 Å². The molecule has 0 saturated carbocycles. The predicted octanol–water partition coefficient (Wildman–Crippen LogP) is 2.95. The summed E-state index contributed by atoms with van der Waals surface area (Å²) in [5.74, 6) is 1.87. The molecule has 1 aromatic rings. The van der Waals surface area contributed by atoms with Gasteiger partial charge in [-0.15, -0.1) is 24.0 Å². The molecule has 25 heavy (non-hydrogen) atoms. The molecule has 2 aliphatic rings. The highest BCUT2D eigenvalue weighted by atomic mass is 127. The summed E-state index contributed by atoms with van der Waals surface area (Å²) in [7, 11) is 1.88. The average Bonchev–Trinajstić information content (AvgIpc) is 2.65. The van der Waals surface area contributed by atoms with E-state index in [2.05, 4.69) is 51.3 Å². The molecule has 2 heterocycles. The minimum Gasteiger partial charge on any atom is -0.378 e. The maximum absolute atomic E-state index is 5.42. The molecule has 0 radical (unpaired) electrons. The molecular formula is C19H31IN4O. The fourth-order valence-corrected chi connectivity index (χ4v) is 3.38. The van der Waals surface area contributed by atoms with E-state index in [4.69, 9.17) is 4.74 Å². The van der Waals surface area contributed by atoms with Gasteiger partial charge in [-0.25, -0.2) is 0 Å². The summed E-state index contributed by atoms with van der Waals surface area (Å²) in [6.45, 7) is 9.00. The average molecular weight is 458 g/mol. The molecule has 1 N–H and O–H groups in total. The Labute approximate surface area is 168 Å². The number of ether oxygens (including phenoxy) is 1. The van der Waals surface area contributed by atoms with E-state index in [1.54, 1.807) is 0 Å². The van der Waals surface area contributed by atoms with Gasteiger partial charge in [-0.05, 0) is 36.5 Å². The van der Waals surface area contributed by atoms with Crippen molar-refractivity contribution in [2.45, 2.75) is 26.3 Å². The first-order valence-corrected chi connectivity index (χ1v) is 9.13. The Balaban J connectivity index is 0.00000225. The van der Waals surface area contributed by atoms with Gasteiger partial charge in [-0.2, -0.15) is 0 Å². The molecule has 0 aromatic heterocycles. The van der Waals surface area contributed by atoms with E-state index in [9.17, 15) is 0 Å². The predicted molar refractivity (Wildman–Crippen MR) is 115 cm³/mol. The molecule has 140 valence electrons. The van der Waals surface area contributed by atoms with E-state index in [1.807, 2.05) is 7.05 Å². The van der Waals surface area contributed by atoms with Gasteiger partial charge in [0.1, 0.15) is 0 Å².